The number of hydrogen-bond acceptors (Lipinski definition) is 4. The van der Waals surface area contributed by atoms with E-state index in [1.54, 1.807) is 0 Å². The van der Waals surface area contributed by atoms with Crippen LogP contribution >= 0.6 is 0 Å². The third-order valence-corrected chi connectivity index (χ3v) is 4.64. The van der Waals surface area contributed by atoms with Crippen LogP contribution in [0.3, 0.4) is 0 Å². The van der Waals surface area contributed by atoms with Crippen molar-refractivity contribution in [3.63, 3.8) is 0 Å². The zero-order valence-electron chi connectivity index (χ0n) is 13.4. The summed E-state index contributed by atoms with van der Waals surface area (Å²) in [5.41, 5.74) is 0. The van der Waals surface area contributed by atoms with Gasteiger partial charge in [-0.15, -0.1) is 0 Å². The third-order valence-electron chi connectivity index (χ3n) is 4.64. The van der Waals surface area contributed by atoms with E-state index in [2.05, 4.69) is 22.5 Å². The first-order chi connectivity index (χ1) is 10.3. The third kappa shape index (κ3) is 5.93. The van der Waals surface area contributed by atoms with Gasteiger partial charge in [0.1, 0.15) is 0 Å². The van der Waals surface area contributed by atoms with Gasteiger partial charge in [0.05, 0.1) is 13.2 Å². The Labute approximate surface area is 128 Å². The highest BCUT2D eigenvalue weighted by atomic mass is 16.5. The molecular formula is C16H31N3O2. The van der Waals surface area contributed by atoms with Crippen LogP contribution in [-0.2, 0) is 9.53 Å². The summed E-state index contributed by atoms with van der Waals surface area (Å²) in [6.07, 6.45) is 5.39. The normalized spacial score (nSPS) is 27.5. The van der Waals surface area contributed by atoms with Crippen LogP contribution in [0.5, 0.6) is 0 Å². The van der Waals surface area contributed by atoms with Gasteiger partial charge >= 0.3 is 0 Å². The van der Waals surface area contributed by atoms with Gasteiger partial charge in [0.2, 0.25) is 5.91 Å². The van der Waals surface area contributed by atoms with Crippen molar-refractivity contribution in [1.29, 1.82) is 0 Å². The molecular weight excluding hydrogens is 266 g/mol. The van der Waals surface area contributed by atoms with Gasteiger partial charge in [0.15, 0.2) is 0 Å². The smallest absolute Gasteiger partial charge is 0.223 e. The van der Waals surface area contributed by atoms with Crippen LogP contribution in [0.1, 0.15) is 39.0 Å². The molecule has 0 bridgehead atoms. The van der Waals surface area contributed by atoms with E-state index in [-0.39, 0.29) is 11.8 Å². The van der Waals surface area contributed by atoms with Crippen molar-refractivity contribution in [3.8, 4) is 0 Å². The fourth-order valence-electron chi connectivity index (χ4n) is 3.33. The van der Waals surface area contributed by atoms with Gasteiger partial charge in [-0.25, -0.2) is 0 Å². The molecule has 5 nitrogen and oxygen atoms in total. The summed E-state index contributed by atoms with van der Waals surface area (Å²) in [7, 11) is 0. The first-order valence-corrected chi connectivity index (χ1v) is 8.60. The Morgan fingerprint density at radius 1 is 1.19 bits per heavy atom. The summed E-state index contributed by atoms with van der Waals surface area (Å²) < 4.78 is 5.33. The highest BCUT2D eigenvalue weighted by Gasteiger charge is 2.25. The second kappa shape index (κ2) is 9.38. The highest BCUT2D eigenvalue weighted by Crippen LogP contribution is 2.24. The molecule has 1 aliphatic heterocycles. The van der Waals surface area contributed by atoms with Crippen LogP contribution in [0.15, 0.2) is 0 Å². The fourth-order valence-corrected chi connectivity index (χ4v) is 3.33. The molecule has 2 aliphatic rings. The first-order valence-electron chi connectivity index (χ1n) is 8.60. The lowest BCUT2D eigenvalue weighted by molar-refractivity contribution is -0.126. The minimum atomic E-state index is 0.239. The van der Waals surface area contributed by atoms with Crippen molar-refractivity contribution in [2.45, 2.75) is 45.1 Å². The summed E-state index contributed by atoms with van der Waals surface area (Å²) in [5, 5.41) is 6.61. The van der Waals surface area contributed by atoms with Crippen molar-refractivity contribution in [3.05, 3.63) is 0 Å². The van der Waals surface area contributed by atoms with Gasteiger partial charge in [0, 0.05) is 31.6 Å². The first kappa shape index (κ1) is 16.7. The molecule has 0 radical (unpaired) electrons. The average molecular weight is 297 g/mol. The number of nitrogens with one attached hydrogen (secondary N) is 2. The number of rotatable bonds is 7. The maximum absolute atomic E-state index is 12.1. The lowest BCUT2D eigenvalue weighted by Gasteiger charge is -2.28. The molecule has 2 rings (SSSR count). The van der Waals surface area contributed by atoms with Crippen molar-refractivity contribution in [1.82, 2.24) is 15.5 Å². The van der Waals surface area contributed by atoms with Crippen molar-refractivity contribution < 1.29 is 9.53 Å². The highest BCUT2D eigenvalue weighted by molar-refractivity contribution is 5.78. The second-order valence-electron chi connectivity index (χ2n) is 6.20. The van der Waals surface area contributed by atoms with Crippen molar-refractivity contribution in [2.24, 2.45) is 5.92 Å². The topological polar surface area (TPSA) is 53.6 Å². The minimum absolute atomic E-state index is 0.239. The average Bonchev–Trinajstić information content (AvgIpc) is 2.53. The van der Waals surface area contributed by atoms with E-state index in [9.17, 15) is 4.79 Å². The molecule has 0 aromatic rings. The molecule has 1 aliphatic carbocycles. The molecule has 1 amide bonds. The predicted octanol–water partition coefficient (Wildman–Crippen LogP) is 0.993. The van der Waals surface area contributed by atoms with Crippen LogP contribution in [0, 0.1) is 5.92 Å². The molecule has 5 heteroatoms. The fraction of sp³-hybridized carbons (Fsp3) is 0.938. The Balaban J connectivity index is 1.53. The molecule has 0 aromatic carbocycles. The second-order valence-corrected chi connectivity index (χ2v) is 6.20. The maximum atomic E-state index is 12.1. The molecule has 21 heavy (non-hydrogen) atoms. The van der Waals surface area contributed by atoms with Crippen molar-refractivity contribution >= 4 is 5.91 Å². The van der Waals surface area contributed by atoms with E-state index < -0.39 is 0 Å². The van der Waals surface area contributed by atoms with Gasteiger partial charge in [0.25, 0.3) is 0 Å². The number of hydrogen-bond donors (Lipinski definition) is 2. The van der Waals surface area contributed by atoms with Crippen LogP contribution in [0.4, 0.5) is 0 Å². The Bertz CT molecular complexity index is 298. The van der Waals surface area contributed by atoms with Crippen LogP contribution in [0.2, 0.25) is 0 Å². The van der Waals surface area contributed by atoms with Gasteiger partial charge < -0.3 is 15.4 Å². The zero-order valence-corrected chi connectivity index (χ0v) is 13.4. The Morgan fingerprint density at radius 3 is 2.57 bits per heavy atom. The van der Waals surface area contributed by atoms with Crippen LogP contribution in [0.25, 0.3) is 0 Å². The maximum Gasteiger partial charge on any atom is 0.223 e. The lowest BCUT2D eigenvalue weighted by Crippen LogP contribution is -2.40. The largest absolute Gasteiger partial charge is 0.379 e. The number of carbonyl (C=O) groups is 1. The molecule has 1 saturated carbocycles. The van der Waals surface area contributed by atoms with Crippen LogP contribution < -0.4 is 10.6 Å². The molecule has 0 atom stereocenters. The molecule has 1 saturated heterocycles. The molecule has 122 valence electrons. The van der Waals surface area contributed by atoms with Gasteiger partial charge in [-0.2, -0.15) is 0 Å². The Morgan fingerprint density at radius 2 is 1.90 bits per heavy atom. The number of amides is 1. The molecule has 1 heterocycles. The summed E-state index contributed by atoms with van der Waals surface area (Å²) in [6.45, 7) is 8.81. The molecule has 2 fully saturated rings. The quantitative estimate of drug-likeness (QED) is 0.688. The minimum Gasteiger partial charge on any atom is -0.379 e. The van der Waals surface area contributed by atoms with Gasteiger partial charge in [-0.1, -0.05) is 6.92 Å². The van der Waals surface area contributed by atoms with E-state index in [1.165, 1.54) is 0 Å². The van der Waals surface area contributed by atoms with E-state index in [0.717, 1.165) is 78.0 Å². The molecule has 0 spiro atoms. The van der Waals surface area contributed by atoms with E-state index in [0.29, 0.717) is 6.04 Å². The molecule has 2 N–H and O–H groups in total. The monoisotopic (exact) mass is 297 g/mol. The molecule has 0 unspecified atom stereocenters. The standard InChI is InChI=1S/C16H31N3O2/c1-2-17-15-6-4-14(5-7-15)16(20)18-8-3-9-19-10-12-21-13-11-19/h14-15,17H,2-13H2,1H3,(H,18,20)/t14-,15-. The summed E-state index contributed by atoms with van der Waals surface area (Å²) >= 11 is 0. The van der Waals surface area contributed by atoms with E-state index >= 15 is 0 Å². The number of nitrogens with zero attached hydrogens (tertiary/aromatic N) is 1. The molecule has 0 aromatic heterocycles. The number of carbonyl (C=O) groups excluding carboxylic acids is 1. The van der Waals surface area contributed by atoms with Crippen LogP contribution in [-0.4, -0.2) is 62.8 Å². The van der Waals surface area contributed by atoms with E-state index in [4.69, 9.17) is 4.74 Å². The van der Waals surface area contributed by atoms with Gasteiger partial charge in [-0.3, -0.25) is 9.69 Å². The van der Waals surface area contributed by atoms with Crippen molar-refractivity contribution in [2.75, 3.05) is 45.9 Å². The SMILES string of the molecule is CCN[C@H]1CC[C@H](C(=O)NCCCN2CCOCC2)CC1. The Hall–Kier alpha value is -0.650. The van der Waals surface area contributed by atoms with Gasteiger partial charge in [-0.05, 0) is 45.2 Å². The summed E-state index contributed by atoms with van der Waals surface area (Å²) in [5.74, 6) is 0.509. The summed E-state index contributed by atoms with van der Waals surface area (Å²) in [4.78, 5) is 14.6. The lowest BCUT2D eigenvalue weighted by atomic mass is 9.85. The summed E-state index contributed by atoms with van der Waals surface area (Å²) in [6, 6.07) is 0.625. The van der Waals surface area contributed by atoms with E-state index in [1.807, 2.05) is 0 Å². The predicted molar refractivity (Wildman–Crippen MR) is 84.3 cm³/mol. The zero-order chi connectivity index (χ0) is 14.9. The number of ether oxygens (including phenoxy) is 1. The Kier molecular flexibility index (Phi) is 7.47. The number of morpholine rings is 1.